The zero-order valence-electron chi connectivity index (χ0n) is 17.5. The Morgan fingerprint density at radius 1 is 1.14 bits per heavy atom. The van der Waals surface area contributed by atoms with Crippen LogP contribution in [0, 0.1) is 0 Å². The second-order valence-corrected chi connectivity index (χ2v) is 7.77. The van der Waals surface area contributed by atoms with Gasteiger partial charge in [-0.05, 0) is 50.0 Å². The molecule has 2 heterocycles. The number of carbonyl (C=O) groups excluding carboxylic acids is 3. The Bertz CT molecular complexity index is 730. The summed E-state index contributed by atoms with van der Waals surface area (Å²) in [5.74, 6) is -0.00759. The summed E-state index contributed by atoms with van der Waals surface area (Å²) < 4.78 is 0. The minimum Gasteiger partial charge on any atom is -0.351 e. The molecule has 0 aliphatic carbocycles. The minimum atomic E-state index is -0.291. The Hall–Kier alpha value is -2.41. The van der Waals surface area contributed by atoms with Crippen molar-refractivity contribution in [2.75, 3.05) is 39.3 Å². The lowest BCUT2D eigenvalue weighted by Crippen LogP contribution is -2.60. The molecule has 3 rings (SSSR count). The lowest BCUT2D eigenvalue weighted by atomic mass is 9.98. The summed E-state index contributed by atoms with van der Waals surface area (Å²) in [6.07, 6.45) is 2.73. The van der Waals surface area contributed by atoms with Crippen molar-refractivity contribution < 1.29 is 14.4 Å². The van der Waals surface area contributed by atoms with Gasteiger partial charge in [0.2, 0.25) is 11.8 Å². The van der Waals surface area contributed by atoms with E-state index in [0.717, 1.165) is 44.5 Å². The normalized spacial score (nSPS) is 19.5. The number of nitrogens with one attached hydrogen (secondary N) is 1. The summed E-state index contributed by atoms with van der Waals surface area (Å²) in [6, 6.07) is 7.01. The predicted octanol–water partition coefficient (Wildman–Crippen LogP) is 1.48. The fourth-order valence-corrected chi connectivity index (χ4v) is 4.11. The molecular formula is C22H32N4O3. The average Bonchev–Trinajstić information content (AvgIpc) is 2.75. The number of fused-ring (bicyclic) bond motifs is 1. The molecule has 3 amide bonds. The van der Waals surface area contributed by atoms with Gasteiger partial charge >= 0.3 is 0 Å². The van der Waals surface area contributed by atoms with E-state index < -0.39 is 0 Å². The molecule has 158 valence electrons. The number of hydrogen-bond donors (Lipinski definition) is 1. The summed E-state index contributed by atoms with van der Waals surface area (Å²) in [5.41, 5.74) is 1.53. The van der Waals surface area contributed by atoms with Crippen LogP contribution in [0.3, 0.4) is 0 Å². The molecule has 29 heavy (non-hydrogen) atoms. The van der Waals surface area contributed by atoms with Crippen molar-refractivity contribution in [1.29, 1.82) is 0 Å². The number of rotatable bonds is 8. The van der Waals surface area contributed by atoms with E-state index in [-0.39, 0.29) is 30.3 Å². The third-order valence-corrected chi connectivity index (χ3v) is 5.94. The van der Waals surface area contributed by atoms with E-state index in [1.54, 1.807) is 21.9 Å². The number of piperidine rings is 1. The van der Waals surface area contributed by atoms with E-state index in [2.05, 4.69) is 24.1 Å². The minimum absolute atomic E-state index is 0.0403. The van der Waals surface area contributed by atoms with Crippen LogP contribution in [-0.4, -0.2) is 77.7 Å². The van der Waals surface area contributed by atoms with Gasteiger partial charge in [0.25, 0.3) is 5.91 Å². The number of hydrogen-bond acceptors (Lipinski definition) is 4. The second-order valence-electron chi connectivity index (χ2n) is 7.77. The summed E-state index contributed by atoms with van der Waals surface area (Å²) in [6.45, 7) is 8.84. The number of benzene rings is 1. The maximum absolute atomic E-state index is 12.8. The number of carbonyl (C=O) groups is 3. The molecule has 0 saturated carbocycles. The molecule has 1 aromatic rings. The topological polar surface area (TPSA) is 73.0 Å². The van der Waals surface area contributed by atoms with Gasteiger partial charge in [-0.3, -0.25) is 14.4 Å². The summed E-state index contributed by atoms with van der Waals surface area (Å²) in [5, 5.41) is 2.95. The number of amides is 3. The van der Waals surface area contributed by atoms with Crippen molar-refractivity contribution >= 4 is 17.7 Å². The van der Waals surface area contributed by atoms with Gasteiger partial charge in [-0.2, -0.15) is 0 Å². The fraction of sp³-hybridized carbons (Fsp3) is 0.591. The van der Waals surface area contributed by atoms with Crippen molar-refractivity contribution in [2.24, 2.45) is 0 Å². The van der Waals surface area contributed by atoms with Gasteiger partial charge in [0, 0.05) is 31.7 Å². The van der Waals surface area contributed by atoms with Crippen LogP contribution in [0.4, 0.5) is 0 Å². The Labute approximate surface area is 173 Å². The van der Waals surface area contributed by atoms with Crippen molar-refractivity contribution in [3.8, 4) is 0 Å². The molecule has 1 aromatic carbocycles. The lowest BCUT2D eigenvalue weighted by molar-refractivity contribution is -0.158. The summed E-state index contributed by atoms with van der Waals surface area (Å²) in [7, 11) is 0. The third-order valence-electron chi connectivity index (χ3n) is 5.94. The van der Waals surface area contributed by atoms with E-state index in [4.69, 9.17) is 0 Å². The smallest absolute Gasteiger partial charge is 0.251 e. The van der Waals surface area contributed by atoms with Crippen LogP contribution in [0.1, 0.15) is 49.0 Å². The van der Waals surface area contributed by atoms with Gasteiger partial charge in [-0.15, -0.1) is 0 Å². The molecular weight excluding hydrogens is 368 g/mol. The second kappa shape index (κ2) is 9.87. The van der Waals surface area contributed by atoms with Crippen LogP contribution in [0.2, 0.25) is 0 Å². The van der Waals surface area contributed by atoms with Crippen LogP contribution in [-0.2, 0) is 16.1 Å². The number of piperazine rings is 1. The van der Waals surface area contributed by atoms with Gasteiger partial charge in [-0.1, -0.05) is 26.0 Å². The zero-order valence-corrected chi connectivity index (χ0v) is 17.5. The maximum atomic E-state index is 12.8. The first-order valence-electron chi connectivity index (χ1n) is 10.7. The Morgan fingerprint density at radius 3 is 2.55 bits per heavy atom. The van der Waals surface area contributed by atoms with Gasteiger partial charge in [0.1, 0.15) is 12.6 Å². The highest BCUT2D eigenvalue weighted by Gasteiger charge is 2.40. The van der Waals surface area contributed by atoms with Gasteiger partial charge in [0.15, 0.2) is 0 Å². The Morgan fingerprint density at radius 2 is 1.86 bits per heavy atom. The van der Waals surface area contributed by atoms with E-state index in [9.17, 15) is 14.4 Å². The van der Waals surface area contributed by atoms with Crippen LogP contribution < -0.4 is 5.32 Å². The first kappa shape index (κ1) is 21.3. The van der Waals surface area contributed by atoms with Crippen LogP contribution in [0.5, 0.6) is 0 Å². The SMILES string of the molecule is CCN(CC)CCNC(=O)c1ccc(CN2CC(=O)N3CCCC[C@@H]3C2=O)cc1. The molecule has 0 spiro atoms. The van der Waals surface area contributed by atoms with E-state index in [1.807, 2.05) is 12.1 Å². The Balaban J connectivity index is 1.54. The van der Waals surface area contributed by atoms with Gasteiger partial charge in [0.05, 0.1) is 0 Å². The molecule has 7 heteroatoms. The highest BCUT2D eigenvalue weighted by Crippen LogP contribution is 2.24. The van der Waals surface area contributed by atoms with Crippen molar-refractivity contribution in [2.45, 2.75) is 45.7 Å². The standard InChI is InChI=1S/C22H32N4O3/c1-3-24(4-2)14-12-23-21(28)18-10-8-17(9-11-18)15-25-16-20(27)26-13-6-5-7-19(26)22(25)29/h8-11,19H,3-7,12-16H2,1-2H3,(H,23,28)/t19-/m1/s1. The first-order valence-corrected chi connectivity index (χ1v) is 10.7. The van der Waals surface area contributed by atoms with Crippen molar-refractivity contribution in [1.82, 2.24) is 20.0 Å². The van der Waals surface area contributed by atoms with E-state index in [0.29, 0.717) is 25.2 Å². The molecule has 0 bridgehead atoms. The third kappa shape index (κ3) is 5.15. The van der Waals surface area contributed by atoms with E-state index >= 15 is 0 Å². The van der Waals surface area contributed by atoms with Gasteiger partial charge in [-0.25, -0.2) is 0 Å². The predicted molar refractivity (Wildman–Crippen MR) is 111 cm³/mol. The summed E-state index contributed by atoms with van der Waals surface area (Å²) in [4.78, 5) is 43.1. The largest absolute Gasteiger partial charge is 0.351 e. The van der Waals surface area contributed by atoms with Crippen molar-refractivity contribution in [3.63, 3.8) is 0 Å². The number of likely N-dealkylation sites (N-methyl/N-ethyl adjacent to an activating group) is 1. The highest BCUT2D eigenvalue weighted by atomic mass is 16.2. The molecule has 0 unspecified atom stereocenters. The molecule has 0 radical (unpaired) electrons. The Kier molecular flexibility index (Phi) is 7.25. The molecule has 1 N–H and O–H groups in total. The van der Waals surface area contributed by atoms with Crippen LogP contribution >= 0.6 is 0 Å². The molecule has 0 aromatic heterocycles. The van der Waals surface area contributed by atoms with E-state index in [1.165, 1.54) is 0 Å². The average molecular weight is 401 g/mol. The summed E-state index contributed by atoms with van der Waals surface area (Å²) >= 11 is 0. The number of nitrogens with zero attached hydrogens (tertiary/aromatic N) is 3. The van der Waals surface area contributed by atoms with Crippen LogP contribution in [0.25, 0.3) is 0 Å². The molecule has 2 aliphatic rings. The maximum Gasteiger partial charge on any atom is 0.251 e. The first-order chi connectivity index (χ1) is 14.0. The molecule has 2 saturated heterocycles. The monoisotopic (exact) mass is 400 g/mol. The lowest BCUT2D eigenvalue weighted by Gasteiger charge is -2.42. The molecule has 2 aliphatic heterocycles. The molecule has 2 fully saturated rings. The molecule has 7 nitrogen and oxygen atoms in total. The molecule has 1 atom stereocenters. The van der Waals surface area contributed by atoms with Gasteiger partial charge < -0.3 is 20.0 Å². The fourth-order valence-electron chi connectivity index (χ4n) is 4.11. The van der Waals surface area contributed by atoms with Crippen LogP contribution in [0.15, 0.2) is 24.3 Å². The quantitative estimate of drug-likeness (QED) is 0.717. The zero-order chi connectivity index (χ0) is 20.8. The highest BCUT2D eigenvalue weighted by molar-refractivity contribution is 5.95. The van der Waals surface area contributed by atoms with Crippen molar-refractivity contribution in [3.05, 3.63) is 35.4 Å².